The van der Waals surface area contributed by atoms with E-state index in [4.69, 9.17) is 16.7 Å². The van der Waals surface area contributed by atoms with Crippen molar-refractivity contribution in [1.29, 1.82) is 0 Å². The van der Waals surface area contributed by atoms with E-state index in [0.717, 1.165) is 4.47 Å². The Balaban J connectivity index is 2.95. The predicted molar refractivity (Wildman–Crippen MR) is 61.8 cm³/mol. The van der Waals surface area contributed by atoms with Crippen LogP contribution in [0.3, 0.4) is 0 Å². The molecule has 0 radical (unpaired) electrons. The van der Waals surface area contributed by atoms with Crippen molar-refractivity contribution in [1.82, 2.24) is 0 Å². The molecule has 0 spiro atoms. The van der Waals surface area contributed by atoms with E-state index in [-0.39, 0.29) is 12.5 Å². The highest BCUT2D eigenvalue weighted by molar-refractivity contribution is 9.10. The average Bonchev–Trinajstić information content (AvgIpc) is 2.27. The van der Waals surface area contributed by atoms with Gasteiger partial charge in [0.05, 0.1) is 18.6 Å². The number of aliphatic hydroxyl groups excluding tert-OH is 3. The number of aliphatic hydroxyl groups is 3. The molecule has 1 aromatic rings. The van der Waals surface area contributed by atoms with Gasteiger partial charge in [0.25, 0.3) is 0 Å². The first-order valence-corrected chi connectivity index (χ1v) is 5.74. The molecule has 0 aromatic heterocycles. The second kappa shape index (κ2) is 5.82. The molecule has 0 aliphatic heterocycles. The highest BCUT2D eigenvalue weighted by atomic mass is 79.9. The van der Waals surface area contributed by atoms with E-state index in [0.29, 0.717) is 11.1 Å². The molecule has 3 nitrogen and oxygen atoms in total. The second-order valence-corrected chi connectivity index (χ2v) is 4.34. The molecule has 5 heteroatoms. The molecule has 2 atom stereocenters. The molecule has 0 aliphatic carbocycles. The molecule has 0 bridgehead atoms. The minimum atomic E-state index is -1.03. The summed E-state index contributed by atoms with van der Waals surface area (Å²) in [4.78, 5) is 0. The summed E-state index contributed by atoms with van der Waals surface area (Å²) in [6.07, 6.45) is -2.03. The molecule has 0 heterocycles. The Morgan fingerprint density at radius 3 is 2.53 bits per heavy atom. The van der Waals surface area contributed by atoms with Crippen molar-refractivity contribution >= 4 is 27.5 Å². The van der Waals surface area contributed by atoms with Gasteiger partial charge in [0.1, 0.15) is 6.10 Å². The summed E-state index contributed by atoms with van der Waals surface area (Å²) in [5.41, 5.74) is 1.20. The predicted octanol–water partition coefficient (Wildman–Crippen LogP) is 1.57. The van der Waals surface area contributed by atoms with Crippen LogP contribution in [0.2, 0.25) is 0 Å². The van der Waals surface area contributed by atoms with E-state index in [1.165, 1.54) is 0 Å². The Morgan fingerprint density at radius 1 is 1.33 bits per heavy atom. The van der Waals surface area contributed by atoms with Gasteiger partial charge in [-0.15, -0.1) is 11.6 Å². The van der Waals surface area contributed by atoms with Crippen molar-refractivity contribution in [3.05, 3.63) is 33.8 Å². The van der Waals surface area contributed by atoms with Gasteiger partial charge in [0.2, 0.25) is 0 Å². The third-order valence-electron chi connectivity index (χ3n) is 2.10. The molecule has 1 rings (SSSR count). The normalized spacial score (nSPS) is 15.0. The molecule has 3 N–H and O–H groups in total. The minimum absolute atomic E-state index is 0.0360. The molecule has 1 aromatic carbocycles. The van der Waals surface area contributed by atoms with Crippen LogP contribution < -0.4 is 0 Å². The SMILES string of the molecule is OCc1cc(C(O)C(O)CCl)ccc1Br. The third-order valence-corrected chi connectivity index (χ3v) is 3.19. The van der Waals surface area contributed by atoms with E-state index < -0.39 is 12.2 Å². The van der Waals surface area contributed by atoms with Gasteiger partial charge >= 0.3 is 0 Å². The zero-order valence-corrected chi connectivity index (χ0v) is 10.2. The lowest BCUT2D eigenvalue weighted by Crippen LogP contribution is -2.19. The number of rotatable bonds is 4. The van der Waals surface area contributed by atoms with Crippen LogP contribution in [0.15, 0.2) is 22.7 Å². The van der Waals surface area contributed by atoms with E-state index in [1.54, 1.807) is 18.2 Å². The summed E-state index contributed by atoms with van der Waals surface area (Å²) in [5.74, 6) is -0.0360. The molecule has 0 saturated heterocycles. The molecular weight excluding hydrogens is 283 g/mol. The maximum Gasteiger partial charge on any atom is 0.106 e. The number of alkyl halides is 1. The van der Waals surface area contributed by atoms with Crippen LogP contribution in [0.1, 0.15) is 17.2 Å². The van der Waals surface area contributed by atoms with E-state index in [2.05, 4.69) is 15.9 Å². The van der Waals surface area contributed by atoms with Crippen molar-refractivity contribution in [2.45, 2.75) is 18.8 Å². The second-order valence-electron chi connectivity index (χ2n) is 3.18. The van der Waals surface area contributed by atoms with Crippen LogP contribution in [0.4, 0.5) is 0 Å². The van der Waals surface area contributed by atoms with Gasteiger partial charge in [-0.05, 0) is 23.3 Å². The molecular formula is C10H12BrClO3. The lowest BCUT2D eigenvalue weighted by Gasteiger charge is -2.16. The van der Waals surface area contributed by atoms with Gasteiger partial charge in [0.15, 0.2) is 0 Å². The first-order valence-electron chi connectivity index (χ1n) is 4.41. The maximum absolute atomic E-state index is 9.67. The van der Waals surface area contributed by atoms with Gasteiger partial charge in [-0.1, -0.05) is 22.0 Å². The molecule has 0 saturated carbocycles. The summed E-state index contributed by atoms with van der Waals surface area (Å²) in [7, 11) is 0. The van der Waals surface area contributed by atoms with E-state index in [1.807, 2.05) is 0 Å². The van der Waals surface area contributed by atoms with Crippen LogP contribution in [-0.4, -0.2) is 27.3 Å². The lowest BCUT2D eigenvalue weighted by atomic mass is 10.0. The Labute approximate surface area is 101 Å². The average molecular weight is 296 g/mol. The summed E-state index contributed by atoms with van der Waals surface area (Å²) in [6, 6.07) is 5.01. The van der Waals surface area contributed by atoms with Gasteiger partial charge in [-0.3, -0.25) is 0 Å². The van der Waals surface area contributed by atoms with Crippen molar-refractivity contribution in [2.24, 2.45) is 0 Å². The highest BCUT2D eigenvalue weighted by Gasteiger charge is 2.17. The van der Waals surface area contributed by atoms with Crippen molar-refractivity contribution in [3.8, 4) is 0 Å². The standard InChI is InChI=1S/C10H12BrClO3/c11-8-2-1-6(3-7(8)5-13)10(15)9(14)4-12/h1-3,9-10,13-15H,4-5H2. The van der Waals surface area contributed by atoms with E-state index in [9.17, 15) is 10.2 Å². The summed E-state index contributed by atoms with van der Waals surface area (Å²) >= 11 is 8.70. The Morgan fingerprint density at radius 2 is 2.00 bits per heavy atom. The van der Waals surface area contributed by atoms with Crippen molar-refractivity contribution in [2.75, 3.05) is 5.88 Å². The van der Waals surface area contributed by atoms with Crippen molar-refractivity contribution in [3.63, 3.8) is 0 Å². The van der Waals surface area contributed by atoms with E-state index >= 15 is 0 Å². The van der Waals surface area contributed by atoms with Gasteiger partial charge in [-0.2, -0.15) is 0 Å². The minimum Gasteiger partial charge on any atom is -0.392 e. The fourth-order valence-corrected chi connectivity index (χ4v) is 1.75. The Bertz CT molecular complexity index is 332. The largest absolute Gasteiger partial charge is 0.392 e. The number of hydrogen-bond acceptors (Lipinski definition) is 3. The van der Waals surface area contributed by atoms with Crippen molar-refractivity contribution < 1.29 is 15.3 Å². The fourth-order valence-electron chi connectivity index (χ4n) is 1.21. The first-order chi connectivity index (χ1) is 7.10. The number of halogens is 2. The monoisotopic (exact) mass is 294 g/mol. The Kier molecular flexibility index (Phi) is 5.02. The Hall–Kier alpha value is -0.130. The topological polar surface area (TPSA) is 60.7 Å². The van der Waals surface area contributed by atoms with Crippen LogP contribution in [0, 0.1) is 0 Å². The molecule has 2 unspecified atom stereocenters. The summed E-state index contributed by atoms with van der Waals surface area (Å²) in [5, 5.41) is 28.0. The number of benzene rings is 1. The number of hydrogen-bond donors (Lipinski definition) is 3. The van der Waals surface area contributed by atoms with Crippen LogP contribution in [-0.2, 0) is 6.61 Å². The summed E-state index contributed by atoms with van der Waals surface area (Å²) < 4.78 is 0.765. The zero-order valence-electron chi connectivity index (χ0n) is 7.90. The van der Waals surface area contributed by atoms with Crippen LogP contribution in [0.25, 0.3) is 0 Å². The molecule has 84 valence electrons. The maximum atomic E-state index is 9.67. The lowest BCUT2D eigenvalue weighted by molar-refractivity contribution is 0.0326. The quantitative estimate of drug-likeness (QED) is 0.739. The van der Waals surface area contributed by atoms with Gasteiger partial charge in [0, 0.05) is 4.47 Å². The molecule has 0 fully saturated rings. The van der Waals surface area contributed by atoms with Crippen LogP contribution >= 0.6 is 27.5 Å². The fraction of sp³-hybridized carbons (Fsp3) is 0.400. The third kappa shape index (κ3) is 3.16. The zero-order chi connectivity index (χ0) is 11.4. The molecule has 15 heavy (non-hydrogen) atoms. The van der Waals surface area contributed by atoms with Crippen LogP contribution in [0.5, 0.6) is 0 Å². The molecule has 0 amide bonds. The smallest absolute Gasteiger partial charge is 0.106 e. The molecule has 0 aliphatic rings. The van der Waals surface area contributed by atoms with Gasteiger partial charge in [-0.25, -0.2) is 0 Å². The highest BCUT2D eigenvalue weighted by Crippen LogP contribution is 2.24. The van der Waals surface area contributed by atoms with Gasteiger partial charge < -0.3 is 15.3 Å². The first kappa shape index (κ1) is 12.9. The summed E-state index contributed by atoms with van der Waals surface area (Å²) in [6.45, 7) is -0.127.